The summed E-state index contributed by atoms with van der Waals surface area (Å²) in [4.78, 5) is 7.38. The molecule has 1 aromatic heterocycles. The van der Waals surface area contributed by atoms with Crippen LogP contribution in [0.2, 0.25) is 0 Å². The second kappa shape index (κ2) is 9.49. The summed E-state index contributed by atoms with van der Waals surface area (Å²) >= 11 is 0. The van der Waals surface area contributed by atoms with Gasteiger partial charge in [-0.15, -0.1) is 0 Å². The molecule has 0 atom stereocenters. The molecule has 12 rings (SSSR count). The number of anilines is 9. The Bertz CT molecular complexity index is 2670. The molecule has 4 aliphatic rings. The molecule has 0 N–H and O–H groups in total. The summed E-state index contributed by atoms with van der Waals surface area (Å²) in [6.07, 6.45) is 0. The van der Waals surface area contributed by atoms with E-state index in [2.05, 4.69) is 183 Å². The predicted molar refractivity (Wildman–Crippen MR) is 206 cm³/mol. The number of nitrogens with zero attached hydrogens (tertiary/aromatic N) is 4. The van der Waals surface area contributed by atoms with Crippen LogP contribution >= 0.6 is 0 Å². The van der Waals surface area contributed by atoms with Crippen LogP contribution in [-0.4, -0.2) is 11.3 Å². The van der Waals surface area contributed by atoms with E-state index in [4.69, 9.17) is 4.74 Å². The number of para-hydroxylation sites is 6. The highest BCUT2D eigenvalue weighted by molar-refractivity contribution is 7.02. The van der Waals surface area contributed by atoms with Crippen LogP contribution in [0.25, 0.3) is 16.6 Å². The molecule has 4 aliphatic heterocycles. The number of aromatic nitrogens is 1. The third-order valence-electron chi connectivity index (χ3n) is 10.8. The van der Waals surface area contributed by atoms with Crippen molar-refractivity contribution in [2.75, 3.05) is 14.7 Å². The van der Waals surface area contributed by atoms with Gasteiger partial charge in [0, 0.05) is 45.1 Å². The van der Waals surface area contributed by atoms with E-state index in [9.17, 15) is 0 Å². The van der Waals surface area contributed by atoms with Crippen molar-refractivity contribution in [3.63, 3.8) is 0 Å². The highest BCUT2D eigenvalue weighted by Crippen LogP contribution is 2.56. The molecule has 0 amide bonds. The molecule has 0 saturated carbocycles. The van der Waals surface area contributed by atoms with Gasteiger partial charge >= 0.3 is 0 Å². The number of hydrogen-bond donors (Lipinski definition) is 0. The highest BCUT2D eigenvalue weighted by Gasteiger charge is 2.53. The number of ether oxygens (including phenoxy) is 1. The van der Waals surface area contributed by atoms with Gasteiger partial charge in [0.25, 0.3) is 6.71 Å². The third kappa shape index (κ3) is 3.23. The number of fused-ring (bicyclic) bond motifs is 7. The Hall–Kier alpha value is -6.66. The lowest BCUT2D eigenvalue weighted by Gasteiger charge is -2.44. The molecule has 0 radical (unpaired) electrons. The van der Waals surface area contributed by atoms with Crippen molar-refractivity contribution in [1.82, 2.24) is 4.57 Å². The summed E-state index contributed by atoms with van der Waals surface area (Å²) in [5.74, 6) is 1.75. The van der Waals surface area contributed by atoms with Crippen molar-refractivity contribution in [1.29, 1.82) is 0 Å². The maximum Gasteiger partial charge on any atom is 0.276 e. The maximum atomic E-state index is 6.71. The molecule has 50 heavy (non-hydrogen) atoms. The molecule has 0 fully saturated rings. The lowest BCUT2D eigenvalue weighted by molar-refractivity contribution is 0.477. The zero-order chi connectivity index (χ0) is 32.5. The van der Waals surface area contributed by atoms with Crippen molar-refractivity contribution in [2.24, 2.45) is 0 Å². The third-order valence-corrected chi connectivity index (χ3v) is 10.8. The molecule has 0 unspecified atom stereocenters. The number of benzene rings is 7. The highest BCUT2D eigenvalue weighted by atomic mass is 16.5. The Morgan fingerprint density at radius 1 is 0.460 bits per heavy atom. The summed E-state index contributed by atoms with van der Waals surface area (Å²) in [7, 11) is 0. The zero-order valence-electron chi connectivity index (χ0n) is 26.9. The zero-order valence-corrected chi connectivity index (χ0v) is 26.9. The molecule has 5 nitrogen and oxygen atoms in total. The van der Waals surface area contributed by atoms with E-state index in [-0.39, 0.29) is 6.71 Å². The fraction of sp³-hybridized carbons (Fsp3) is 0. The molecule has 0 spiro atoms. The molecule has 0 bridgehead atoms. The molecule has 0 aliphatic carbocycles. The summed E-state index contributed by atoms with van der Waals surface area (Å²) in [5.41, 5.74) is 16.6. The minimum absolute atomic E-state index is 0.0494. The second-order valence-corrected chi connectivity index (χ2v) is 13.3. The van der Waals surface area contributed by atoms with Crippen molar-refractivity contribution in [2.45, 2.75) is 0 Å². The van der Waals surface area contributed by atoms with Crippen LogP contribution < -0.4 is 36.0 Å². The molecule has 6 heteroatoms. The van der Waals surface area contributed by atoms with Gasteiger partial charge in [0.15, 0.2) is 11.5 Å². The van der Waals surface area contributed by atoms with Gasteiger partial charge in [0.2, 0.25) is 0 Å². The van der Waals surface area contributed by atoms with Crippen molar-refractivity contribution < 1.29 is 4.74 Å². The molecular weight excluding hydrogens is 611 g/mol. The lowest BCUT2D eigenvalue weighted by atomic mass is 9.36. The molecular formula is C44H27BN4O. The minimum atomic E-state index is 0.0494. The molecule has 8 aromatic rings. The smallest absolute Gasteiger partial charge is 0.276 e. The summed E-state index contributed by atoms with van der Waals surface area (Å²) in [6.45, 7) is 0.0494. The van der Waals surface area contributed by atoms with E-state index in [0.717, 1.165) is 45.6 Å². The summed E-state index contributed by atoms with van der Waals surface area (Å²) in [6, 6.07) is 58.9. The van der Waals surface area contributed by atoms with E-state index in [1.54, 1.807) is 0 Å². The van der Waals surface area contributed by atoms with E-state index < -0.39 is 0 Å². The van der Waals surface area contributed by atoms with Crippen molar-refractivity contribution >= 4 is 85.3 Å². The normalized spacial score (nSPS) is 13.6. The maximum absolute atomic E-state index is 6.71. The van der Waals surface area contributed by atoms with Crippen LogP contribution in [0.4, 0.5) is 51.2 Å². The first kappa shape index (κ1) is 26.3. The van der Waals surface area contributed by atoms with Gasteiger partial charge in [0.1, 0.15) is 0 Å². The van der Waals surface area contributed by atoms with Crippen LogP contribution in [0.1, 0.15) is 0 Å². The van der Waals surface area contributed by atoms with Crippen LogP contribution in [0, 0.1) is 0 Å². The first-order valence-corrected chi connectivity index (χ1v) is 17.2. The number of rotatable bonds is 4. The van der Waals surface area contributed by atoms with Gasteiger partial charge < -0.3 is 24.0 Å². The Morgan fingerprint density at radius 3 is 1.86 bits per heavy atom. The second-order valence-electron chi connectivity index (χ2n) is 13.3. The standard InChI is InChI=1S/C44H27BN4O/c1-4-14-28(15-5-1)46(29-16-6-2-7-17-29)31-26-36-40-37(27-31)48-34-22-12-13-23-38(34)50-39-25-24-35-41(43(39)48)45(40)44-42(47(36)30-18-8-3-9-19-30)32-20-10-11-21-33(32)49(35)44/h1-27H. The van der Waals surface area contributed by atoms with Gasteiger partial charge in [0.05, 0.1) is 28.3 Å². The van der Waals surface area contributed by atoms with Crippen LogP contribution in [0.5, 0.6) is 11.5 Å². The Balaban J connectivity index is 1.26. The van der Waals surface area contributed by atoms with Gasteiger partial charge in [-0.2, -0.15) is 0 Å². The fourth-order valence-electron chi connectivity index (χ4n) is 8.98. The van der Waals surface area contributed by atoms with Crippen molar-refractivity contribution in [3.8, 4) is 17.2 Å². The van der Waals surface area contributed by atoms with Gasteiger partial charge in [-0.3, -0.25) is 0 Å². The van der Waals surface area contributed by atoms with Crippen molar-refractivity contribution in [3.05, 3.63) is 164 Å². The first-order chi connectivity index (χ1) is 24.8. The lowest BCUT2D eigenvalue weighted by Crippen LogP contribution is -2.59. The van der Waals surface area contributed by atoms with E-state index in [0.29, 0.717) is 0 Å². The van der Waals surface area contributed by atoms with E-state index in [1.165, 1.54) is 50.2 Å². The van der Waals surface area contributed by atoms with Crippen LogP contribution in [0.3, 0.4) is 0 Å². The van der Waals surface area contributed by atoms with Gasteiger partial charge in [-0.1, -0.05) is 84.9 Å². The molecule has 0 saturated heterocycles. The average Bonchev–Trinajstić information content (AvgIpc) is 3.70. The SMILES string of the molecule is c1ccc(N(c2ccccc2)c2cc3c4c(c2)N(c2ccccc2)c2c5n(c6ccccc26)-c2ccc6c(c2B45)N3c2ccccc2O6)cc1. The minimum Gasteiger partial charge on any atom is -0.453 e. The number of hydrogen-bond acceptors (Lipinski definition) is 4. The Labute approximate surface area is 289 Å². The van der Waals surface area contributed by atoms with E-state index in [1.807, 2.05) is 0 Å². The first-order valence-electron chi connectivity index (χ1n) is 17.2. The molecule has 232 valence electrons. The monoisotopic (exact) mass is 638 g/mol. The topological polar surface area (TPSA) is 23.9 Å². The Morgan fingerprint density at radius 2 is 1.10 bits per heavy atom. The average molecular weight is 639 g/mol. The fourth-order valence-corrected chi connectivity index (χ4v) is 8.98. The Kier molecular flexibility index (Phi) is 4.99. The van der Waals surface area contributed by atoms with Crippen LogP contribution in [-0.2, 0) is 0 Å². The summed E-state index contributed by atoms with van der Waals surface area (Å²) in [5, 5.41) is 1.25. The molecule has 7 aromatic carbocycles. The largest absolute Gasteiger partial charge is 0.453 e. The summed E-state index contributed by atoms with van der Waals surface area (Å²) < 4.78 is 9.23. The van der Waals surface area contributed by atoms with E-state index >= 15 is 0 Å². The molecule has 5 heterocycles. The quantitative estimate of drug-likeness (QED) is 0.179. The van der Waals surface area contributed by atoms with Crippen LogP contribution in [0.15, 0.2) is 164 Å². The predicted octanol–water partition coefficient (Wildman–Crippen LogP) is 9.60. The van der Waals surface area contributed by atoms with Gasteiger partial charge in [-0.05, 0) is 89.8 Å². The van der Waals surface area contributed by atoms with Gasteiger partial charge in [-0.25, -0.2) is 0 Å².